The molecule has 19 heavy (non-hydrogen) atoms. The molecule has 0 fully saturated rings. The van der Waals surface area contributed by atoms with E-state index in [1.165, 1.54) is 12.1 Å². The van der Waals surface area contributed by atoms with Crippen molar-refractivity contribution in [1.29, 1.82) is 0 Å². The van der Waals surface area contributed by atoms with E-state index in [0.717, 1.165) is 0 Å². The molecule has 0 aliphatic rings. The number of rotatable bonds is 5. The lowest BCUT2D eigenvalue weighted by molar-refractivity contribution is -0.274. The molecule has 0 radical (unpaired) electrons. The molecule has 0 heterocycles. The lowest BCUT2D eigenvalue weighted by Crippen LogP contribution is -2.23. The normalized spacial score (nSPS) is 13.2. The number of ether oxygens (including phenoxy) is 1. The van der Waals surface area contributed by atoms with E-state index >= 15 is 0 Å². The first-order valence-corrected chi connectivity index (χ1v) is 6.87. The highest BCUT2D eigenvalue weighted by Crippen LogP contribution is 2.34. The molecule has 0 aliphatic carbocycles. The summed E-state index contributed by atoms with van der Waals surface area (Å²) in [6.07, 6.45) is -5.77. The monoisotopic (exact) mass is 455 g/mol. The molecule has 1 rings (SSSR count). The molecule has 1 aromatic carbocycles. The summed E-state index contributed by atoms with van der Waals surface area (Å²) < 4.78 is 41.3. The summed E-state index contributed by atoms with van der Waals surface area (Å²) in [4.78, 5) is 0. The molecular weight excluding hydrogens is 446 g/mol. The molecule has 108 valence electrons. The zero-order valence-corrected chi connectivity index (χ0v) is 13.1. The van der Waals surface area contributed by atoms with Gasteiger partial charge in [-0.15, -0.1) is 13.2 Å². The maximum absolute atomic E-state index is 12.1. The molecule has 3 N–H and O–H groups in total. The fourth-order valence-electron chi connectivity index (χ4n) is 1.18. The first-order chi connectivity index (χ1) is 8.73. The Morgan fingerprint density at radius 3 is 2.58 bits per heavy atom. The largest absolute Gasteiger partial charge is 0.573 e. The van der Waals surface area contributed by atoms with Crippen LogP contribution in [0.2, 0.25) is 0 Å². The van der Waals surface area contributed by atoms with Crippen LogP contribution in [0.4, 0.5) is 18.9 Å². The average Bonchev–Trinajstić information content (AvgIpc) is 2.29. The first-order valence-electron chi connectivity index (χ1n) is 5.00. The van der Waals surface area contributed by atoms with Gasteiger partial charge in [0.2, 0.25) is 0 Å². The van der Waals surface area contributed by atoms with Gasteiger partial charge < -0.3 is 20.3 Å². The summed E-state index contributed by atoms with van der Waals surface area (Å²) in [7, 11) is 0. The Hall–Kier alpha value is -0.260. The third-order valence-corrected chi connectivity index (χ3v) is 4.50. The fraction of sp³-hybridized carbons (Fsp3) is 0.400. The van der Waals surface area contributed by atoms with Crippen LogP contribution in [0.3, 0.4) is 0 Å². The highest BCUT2D eigenvalue weighted by Gasteiger charge is 2.31. The fourth-order valence-corrected chi connectivity index (χ4v) is 2.12. The quantitative estimate of drug-likeness (QED) is 0.597. The van der Waals surface area contributed by atoms with Crippen LogP contribution < -0.4 is 10.1 Å². The van der Waals surface area contributed by atoms with Gasteiger partial charge in [-0.3, -0.25) is 0 Å². The summed E-state index contributed by atoms with van der Waals surface area (Å²) in [5.74, 6) is -0.374. The number of nitrogens with one attached hydrogen (secondary N) is 1. The van der Waals surface area contributed by atoms with Gasteiger partial charge in [-0.2, -0.15) is 0 Å². The predicted octanol–water partition coefficient (Wildman–Crippen LogP) is 2.72. The van der Waals surface area contributed by atoms with E-state index in [-0.39, 0.29) is 12.3 Å². The number of anilines is 1. The van der Waals surface area contributed by atoms with Crippen LogP contribution in [-0.4, -0.2) is 35.8 Å². The average molecular weight is 456 g/mol. The third-order valence-electron chi connectivity index (χ3n) is 1.97. The minimum Gasteiger partial charge on any atom is -0.406 e. The van der Waals surface area contributed by atoms with E-state index in [2.05, 4.69) is 26.0 Å². The maximum Gasteiger partial charge on any atom is 0.573 e. The Balaban J connectivity index is 2.90. The summed E-state index contributed by atoms with van der Waals surface area (Å²) >= 11 is 5.05. The Morgan fingerprint density at radius 1 is 1.42 bits per heavy atom. The molecule has 0 spiro atoms. The topological polar surface area (TPSA) is 61.7 Å². The van der Waals surface area contributed by atoms with Crippen LogP contribution in [0.25, 0.3) is 0 Å². The van der Waals surface area contributed by atoms with Crippen molar-refractivity contribution in [3.05, 3.63) is 20.2 Å². The van der Waals surface area contributed by atoms with Gasteiger partial charge >= 0.3 is 6.36 Å². The van der Waals surface area contributed by atoms with Crippen LogP contribution in [-0.2, 0) is 0 Å². The first kappa shape index (κ1) is 16.8. The van der Waals surface area contributed by atoms with E-state index in [9.17, 15) is 18.3 Å². The third kappa shape index (κ3) is 5.71. The predicted molar refractivity (Wildman–Crippen MR) is 75.1 cm³/mol. The Kier molecular flexibility index (Phi) is 6.15. The molecule has 1 aromatic rings. The molecule has 1 atom stereocenters. The van der Waals surface area contributed by atoms with E-state index in [1.54, 1.807) is 0 Å². The lowest BCUT2D eigenvalue weighted by atomic mass is 10.3. The molecular formula is C10H10BrF3INO3. The number of hydrogen-bond donors (Lipinski definition) is 3. The smallest absolute Gasteiger partial charge is 0.406 e. The van der Waals surface area contributed by atoms with Gasteiger partial charge in [0.05, 0.1) is 22.0 Å². The molecule has 0 bridgehead atoms. The zero-order chi connectivity index (χ0) is 14.6. The number of benzene rings is 1. The minimum absolute atomic E-state index is 0.00835. The van der Waals surface area contributed by atoms with Crippen molar-refractivity contribution in [2.75, 3.05) is 18.5 Å². The number of halogens is 5. The molecule has 0 aliphatic heterocycles. The standard InChI is InChI=1S/C10H10BrF3INO3/c11-7-1-6(19-10(12,13)14)2-8(9(7)15)16-3-5(18)4-17/h1-2,5,16-18H,3-4H2. The summed E-state index contributed by atoms with van der Waals surface area (Å²) in [6.45, 7) is -0.433. The van der Waals surface area contributed by atoms with Crippen molar-refractivity contribution in [2.24, 2.45) is 0 Å². The molecule has 4 nitrogen and oxygen atoms in total. The second-order valence-corrected chi connectivity index (χ2v) is 5.46. The molecule has 0 amide bonds. The van der Waals surface area contributed by atoms with Gasteiger partial charge in [0.25, 0.3) is 0 Å². The molecule has 0 saturated carbocycles. The van der Waals surface area contributed by atoms with Crippen LogP contribution in [0.1, 0.15) is 0 Å². The van der Waals surface area contributed by atoms with Crippen molar-refractivity contribution < 1.29 is 28.1 Å². The van der Waals surface area contributed by atoms with Gasteiger partial charge in [0.1, 0.15) is 5.75 Å². The summed E-state index contributed by atoms with van der Waals surface area (Å²) in [5, 5.41) is 20.6. The van der Waals surface area contributed by atoms with Crippen LogP contribution >= 0.6 is 38.5 Å². The van der Waals surface area contributed by atoms with Gasteiger partial charge in [-0.05, 0) is 44.6 Å². The Morgan fingerprint density at radius 2 is 2.05 bits per heavy atom. The van der Waals surface area contributed by atoms with Crippen molar-refractivity contribution in [2.45, 2.75) is 12.5 Å². The molecule has 0 saturated heterocycles. The zero-order valence-electron chi connectivity index (χ0n) is 9.34. The second-order valence-electron chi connectivity index (χ2n) is 3.53. The van der Waals surface area contributed by atoms with Crippen molar-refractivity contribution in [3.8, 4) is 5.75 Å². The van der Waals surface area contributed by atoms with E-state index in [4.69, 9.17) is 5.11 Å². The minimum atomic E-state index is -4.77. The SMILES string of the molecule is OCC(O)CNc1cc(OC(F)(F)F)cc(Br)c1I. The van der Waals surface area contributed by atoms with Gasteiger partial charge in [-0.1, -0.05) is 0 Å². The summed E-state index contributed by atoms with van der Waals surface area (Å²) in [5.41, 5.74) is 0.363. The maximum atomic E-state index is 12.1. The lowest BCUT2D eigenvalue weighted by Gasteiger charge is -2.15. The molecule has 9 heteroatoms. The number of alkyl halides is 3. The van der Waals surface area contributed by atoms with Crippen molar-refractivity contribution >= 4 is 44.2 Å². The van der Waals surface area contributed by atoms with Gasteiger partial charge in [0.15, 0.2) is 0 Å². The highest BCUT2D eigenvalue weighted by atomic mass is 127. The van der Waals surface area contributed by atoms with Crippen molar-refractivity contribution in [1.82, 2.24) is 0 Å². The van der Waals surface area contributed by atoms with Gasteiger partial charge in [0, 0.05) is 17.1 Å². The van der Waals surface area contributed by atoms with Crippen molar-refractivity contribution in [3.63, 3.8) is 0 Å². The van der Waals surface area contributed by atoms with Crippen LogP contribution in [0.5, 0.6) is 5.75 Å². The molecule has 1 unspecified atom stereocenters. The molecule has 0 aromatic heterocycles. The van der Waals surface area contributed by atoms with Crippen LogP contribution in [0, 0.1) is 3.57 Å². The van der Waals surface area contributed by atoms with Crippen LogP contribution in [0.15, 0.2) is 16.6 Å². The number of aliphatic hydroxyl groups excluding tert-OH is 2. The number of hydrogen-bond acceptors (Lipinski definition) is 4. The second kappa shape index (κ2) is 6.95. The summed E-state index contributed by atoms with van der Waals surface area (Å²) in [6, 6.07) is 2.37. The Bertz CT molecular complexity index is 445. The Labute approximate surface area is 129 Å². The van der Waals surface area contributed by atoms with Gasteiger partial charge in [-0.25, -0.2) is 0 Å². The highest BCUT2D eigenvalue weighted by molar-refractivity contribution is 14.1. The van der Waals surface area contributed by atoms with E-state index in [1.807, 2.05) is 22.6 Å². The number of aliphatic hydroxyl groups is 2. The van der Waals surface area contributed by atoms with E-state index < -0.39 is 19.1 Å². The van der Waals surface area contributed by atoms with E-state index in [0.29, 0.717) is 13.7 Å².